The highest BCUT2D eigenvalue weighted by Gasteiger charge is 2.10. The second kappa shape index (κ2) is 9.11. The van der Waals surface area contributed by atoms with E-state index in [-0.39, 0.29) is 12.5 Å². The average molecular weight is 276 g/mol. The van der Waals surface area contributed by atoms with Gasteiger partial charge in [0.15, 0.2) is 0 Å². The number of hydrogen-bond acceptors (Lipinski definition) is 2. The van der Waals surface area contributed by atoms with E-state index in [4.69, 9.17) is 5.73 Å². The summed E-state index contributed by atoms with van der Waals surface area (Å²) in [4.78, 5) is 12.0. The molecule has 0 saturated carbocycles. The maximum atomic E-state index is 13.2. The summed E-state index contributed by atoms with van der Waals surface area (Å²) in [5.41, 5.74) is 6.07. The third kappa shape index (κ3) is 5.41. The number of carbonyl (C=O) groups excluding carboxylic acids is 1. The van der Waals surface area contributed by atoms with Crippen LogP contribution < -0.4 is 11.1 Å². The first-order chi connectivity index (χ1) is 9.69. The second-order valence-corrected chi connectivity index (χ2v) is 4.51. The summed E-state index contributed by atoms with van der Waals surface area (Å²) >= 11 is 0. The Balaban J connectivity index is 2.67. The molecule has 0 radical (unpaired) electrons. The summed E-state index contributed by atoms with van der Waals surface area (Å²) in [6.07, 6.45) is 4.37. The molecule has 0 bridgehead atoms. The van der Waals surface area contributed by atoms with Crippen molar-refractivity contribution in [3.8, 4) is 11.8 Å². The number of unbranched alkanes of at least 4 members (excludes halogenated alkanes) is 3. The molecule has 1 aromatic rings. The quantitative estimate of drug-likeness (QED) is 0.619. The van der Waals surface area contributed by atoms with E-state index < -0.39 is 5.82 Å². The number of carbonyl (C=O) groups is 1. The normalized spacial score (nSPS) is 9.75. The number of nitrogens with one attached hydrogen (secondary N) is 1. The molecule has 0 unspecified atom stereocenters. The first kappa shape index (κ1) is 16.2. The molecule has 0 aliphatic heterocycles. The van der Waals surface area contributed by atoms with Crippen molar-refractivity contribution >= 4 is 5.91 Å². The molecule has 0 heterocycles. The lowest BCUT2D eigenvalue weighted by Crippen LogP contribution is -2.25. The van der Waals surface area contributed by atoms with Crippen molar-refractivity contribution < 1.29 is 9.18 Å². The summed E-state index contributed by atoms with van der Waals surface area (Å²) < 4.78 is 13.2. The van der Waals surface area contributed by atoms with E-state index in [2.05, 4.69) is 24.1 Å². The van der Waals surface area contributed by atoms with Crippen LogP contribution in [0.5, 0.6) is 0 Å². The maximum Gasteiger partial charge on any atom is 0.252 e. The zero-order chi connectivity index (χ0) is 14.8. The smallest absolute Gasteiger partial charge is 0.252 e. The van der Waals surface area contributed by atoms with Crippen LogP contribution in [0.25, 0.3) is 0 Å². The van der Waals surface area contributed by atoms with Crippen molar-refractivity contribution in [2.45, 2.75) is 32.6 Å². The molecule has 3 N–H and O–H groups in total. The lowest BCUT2D eigenvalue weighted by molar-refractivity contribution is 0.0952. The summed E-state index contributed by atoms with van der Waals surface area (Å²) in [7, 11) is 0. The fourth-order valence-electron chi connectivity index (χ4n) is 1.81. The van der Waals surface area contributed by atoms with Crippen molar-refractivity contribution in [3.05, 3.63) is 35.1 Å². The highest BCUT2D eigenvalue weighted by Crippen LogP contribution is 2.10. The van der Waals surface area contributed by atoms with Gasteiger partial charge in [0, 0.05) is 12.1 Å². The Kier molecular flexibility index (Phi) is 7.38. The van der Waals surface area contributed by atoms with Gasteiger partial charge in [-0.2, -0.15) is 0 Å². The molecule has 1 amide bonds. The molecular weight excluding hydrogens is 255 g/mol. The molecule has 0 atom stereocenters. The van der Waals surface area contributed by atoms with E-state index in [0.717, 1.165) is 19.3 Å². The van der Waals surface area contributed by atoms with Crippen LogP contribution in [0.3, 0.4) is 0 Å². The van der Waals surface area contributed by atoms with Crippen LogP contribution in [0.1, 0.15) is 48.5 Å². The lowest BCUT2D eigenvalue weighted by Gasteiger charge is -2.07. The standard InChI is InChI=1S/C16H21FN2O/c1-2-3-4-5-11-19-16(20)15-9-8-14(17)12-13(15)7-6-10-18/h8-9,12H,2-5,10-11,18H2,1H3,(H,19,20). The van der Waals surface area contributed by atoms with Gasteiger partial charge in [-0.3, -0.25) is 4.79 Å². The number of amides is 1. The Hall–Kier alpha value is -1.86. The zero-order valence-electron chi connectivity index (χ0n) is 11.8. The van der Waals surface area contributed by atoms with Gasteiger partial charge in [-0.05, 0) is 24.6 Å². The summed E-state index contributed by atoms with van der Waals surface area (Å²) in [5, 5.41) is 2.83. The van der Waals surface area contributed by atoms with Gasteiger partial charge < -0.3 is 11.1 Å². The van der Waals surface area contributed by atoms with E-state index in [1.807, 2.05) is 0 Å². The van der Waals surface area contributed by atoms with Gasteiger partial charge >= 0.3 is 0 Å². The molecule has 3 nitrogen and oxygen atoms in total. The van der Waals surface area contributed by atoms with Gasteiger partial charge in [-0.1, -0.05) is 38.0 Å². The van der Waals surface area contributed by atoms with Crippen molar-refractivity contribution in [2.75, 3.05) is 13.1 Å². The maximum absolute atomic E-state index is 13.2. The molecule has 0 fully saturated rings. The molecular formula is C16H21FN2O. The van der Waals surface area contributed by atoms with E-state index in [1.54, 1.807) is 0 Å². The number of hydrogen-bond donors (Lipinski definition) is 2. The van der Waals surface area contributed by atoms with Crippen molar-refractivity contribution in [1.29, 1.82) is 0 Å². The molecule has 0 aromatic heterocycles. The monoisotopic (exact) mass is 276 g/mol. The number of benzene rings is 1. The van der Waals surface area contributed by atoms with Crippen LogP contribution in [0.4, 0.5) is 4.39 Å². The first-order valence-corrected chi connectivity index (χ1v) is 6.95. The number of nitrogens with two attached hydrogens (primary N) is 1. The minimum atomic E-state index is -0.411. The topological polar surface area (TPSA) is 55.1 Å². The number of halogens is 1. The Bertz CT molecular complexity index is 503. The fourth-order valence-corrected chi connectivity index (χ4v) is 1.81. The molecule has 1 aromatic carbocycles. The zero-order valence-corrected chi connectivity index (χ0v) is 11.8. The van der Waals surface area contributed by atoms with Crippen LogP contribution in [0, 0.1) is 17.7 Å². The van der Waals surface area contributed by atoms with Crippen LogP contribution in [-0.2, 0) is 0 Å². The molecule has 0 aliphatic rings. The van der Waals surface area contributed by atoms with Gasteiger partial charge in [0.2, 0.25) is 0 Å². The van der Waals surface area contributed by atoms with Crippen LogP contribution in [0.2, 0.25) is 0 Å². The lowest BCUT2D eigenvalue weighted by atomic mass is 10.1. The SMILES string of the molecule is CCCCCCNC(=O)c1ccc(F)cc1C#CCN. The Morgan fingerprint density at radius 2 is 2.15 bits per heavy atom. The molecule has 1 rings (SSSR count). The number of rotatable bonds is 6. The minimum Gasteiger partial charge on any atom is -0.352 e. The molecule has 4 heteroatoms. The summed E-state index contributed by atoms with van der Waals surface area (Å²) in [5.74, 6) is 4.74. The van der Waals surface area contributed by atoms with Crippen LogP contribution in [-0.4, -0.2) is 19.0 Å². The van der Waals surface area contributed by atoms with Crippen molar-refractivity contribution in [1.82, 2.24) is 5.32 Å². The average Bonchev–Trinajstić information content (AvgIpc) is 2.44. The first-order valence-electron chi connectivity index (χ1n) is 6.95. The molecule has 0 saturated heterocycles. The predicted octanol–water partition coefficient (Wildman–Crippen LogP) is 2.45. The summed E-state index contributed by atoms with van der Waals surface area (Å²) in [6.45, 7) is 2.94. The Morgan fingerprint density at radius 3 is 2.85 bits per heavy atom. The largest absolute Gasteiger partial charge is 0.352 e. The fraction of sp³-hybridized carbons (Fsp3) is 0.438. The Morgan fingerprint density at radius 1 is 1.35 bits per heavy atom. The van der Waals surface area contributed by atoms with Gasteiger partial charge in [0.05, 0.1) is 12.1 Å². The third-order valence-electron chi connectivity index (χ3n) is 2.87. The van der Waals surface area contributed by atoms with Crippen molar-refractivity contribution in [2.24, 2.45) is 5.73 Å². The van der Waals surface area contributed by atoms with Gasteiger partial charge in [0.1, 0.15) is 5.82 Å². The highest BCUT2D eigenvalue weighted by molar-refractivity contribution is 5.96. The van der Waals surface area contributed by atoms with Crippen molar-refractivity contribution in [3.63, 3.8) is 0 Å². The minimum absolute atomic E-state index is 0.175. The highest BCUT2D eigenvalue weighted by atomic mass is 19.1. The Labute approximate surface area is 119 Å². The van der Waals surface area contributed by atoms with Gasteiger partial charge in [-0.25, -0.2) is 4.39 Å². The van der Waals surface area contributed by atoms with Crippen LogP contribution >= 0.6 is 0 Å². The predicted molar refractivity (Wildman–Crippen MR) is 78.8 cm³/mol. The summed E-state index contributed by atoms with van der Waals surface area (Å²) in [6, 6.07) is 3.98. The molecule has 0 spiro atoms. The van der Waals surface area contributed by atoms with Gasteiger partial charge in [-0.15, -0.1) is 0 Å². The van der Waals surface area contributed by atoms with E-state index >= 15 is 0 Å². The van der Waals surface area contributed by atoms with Gasteiger partial charge in [0.25, 0.3) is 5.91 Å². The second-order valence-electron chi connectivity index (χ2n) is 4.51. The molecule has 108 valence electrons. The molecule has 20 heavy (non-hydrogen) atoms. The van der Waals surface area contributed by atoms with Crippen LogP contribution in [0.15, 0.2) is 18.2 Å². The van der Waals surface area contributed by atoms with E-state index in [1.165, 1.54) is 24.6 Å². The molecule has 0 aliphatic carbocycles. The van der Waals surface area contributed by atoms with E-state index in [0.29, 0.717) is 17.7 Å². The van der Waals surface area contributed by atoms with E-state index in [9.17, 15) is 9.18 Å². The third-order valence-corrected chi connectivity index (χ3v) is 2.87.